The number of aliphatic hydroxyl groups excluding tert-OH is 7. The van der Waals surface area contributed by atoms with Crippen molar-refractivity contribution in [2.75, 3.05) is 13.2 Å². The van der Waals surface area contributed by atoms with Gasteiger partial charge in [0.15, 0.2) is 48.0 Å². The van der Waals surface area contributed by atoms with Crippen LogP contribution in [0.4, 0.5) is 0 Å². The van der Waals surface area contributed by atoms with Crippen molar-refractivity contribution in [1.29, 1.82) is 0 Å². The zero-order chi connectivity index (χ0) is 39.4. The molecule has 0 radical (unpaired) electrons. The summed E-state index contributed by atoms with van der Waals surface area (Å²) >= 11 is 0. The molecule has 0 unspecified atom stereocenters. The fourth-order valence-corrected chi connectivity index (χ4v) is 6.17. The number of esters is 1. The Balaban J connectivity index is 1.40. The van der Waals surface area contributed by atoms with Crippen LogP contribution in [-0.4, -0.2) is 167 Å². The van der Waals surface area contributed by atoms with E-state index in [9.17, 15) is 61.0 Å². The van der Waals surface area contributed by atoms with Crippen molar-refractivity contribution in [2.45, 2.75) is 112 Å². The fourth-order valence-electron chi connectivity index (χ4n) is 6.17. The highest BCUT2D eigenvalue weighted by Crippen LogP contribution is 2.34. The summed E-state index contributed by atoms with van der Waals surface area (Å²) in [5.74, 6) is -2.58. The van der Waals surface area contributed by atoms with Crippen LogP contribution in [0, 0.1) is 0 Å². The van der Waals surface area contributed by atoms with Gasteiger partial charge in [0.2, 0.25) is 0 Å². The number of aromatic hydroxyl groups is 4. The monoisotopic (exact) mass is 770 g/mol. The van der Waals surface area contributed by atoms with Crippen molar-refractivity contribution < 1.29 is 94.1 Å². The summed E-state index contributed by atoms with van der Waals surface area (Å²) in [5.41, 5.74) is 0.833. The Morgan fingerprint density at radius 2 is 1.28 bits per heavy atom. The first-order valence-corrected chi connectivity index (χ1v) is 17.1. The fraction of sp³-hybridized carbons (Fsp3) is 0.571. The van der Waals surface area contributed by atoms with Crippen molar-refractivity contribution in [1.82, 2.24) is 0 Å². The summed E-state index contributed by atoms with van der Waals surface area (Å²) in [6, 6.07) is 7.86. The van der Waals surface area contributed by atoms with Gasteiger partial charge >= 0.3 is 5.97 Å². The molecule has 15 atom stereocenters. The van der Waals surface area contributed by atoms with Crippen LogP contribution < -0.4 is 0 Å². The standard InChI is InChI=1S/C35H46O19/c1-14-24(42)26(44)28(46)34(49-14)54-32-27(45)25(43)15(2)50-35(32)53-31-29(47)33(48-10-9-17-4-7-19(38)21(40)12-17)51-22(13-36)30(31)52-23(41)8-5-16-3-6-18(37)20(39)11-16/h3-8,11-12,14-15,22,24-40,42-47H,9-10,13H2,1-2H3/t14-,15-,22+,24-,25-,26+,27+,28+,29+,30+,31+,32+,33+,34-,35-/m0/s1. The lowest BCUT2D eigenvalue weighted by Crippen LogP contribution is -2.66. The van der Waals surface area contributed by atoms with E-state index in [-0.39, 0.29) is 30.3 Å². The second-order valence-electron chi connectivity index (χ2n) is 13.2. The van der Waals surface area contributed by atoms with Crippen LogP contribution in [0.1, 0.15) is 25.0 Å². The summed E-state index contributed by atoms with van der Waals surface area (Å²) in [7, 11) is 0. The summed E-state index contributed by atoms with van der Waals surface area (Å²) < 4.78 is 40.5. The highest BCUT2D eigenvalue weighted by molar-refractivity contribution is 5.87. The first-order chi connectivity index (χ1) is 25.6. The third-order valence-corrected chi connectivity index (χ3v) is 9.35. The van der Waals surface area contributed by atoms with Crippen molar-refractivity contribution >= 4 is 12.0 Å². The van der Waals surface area contributed by atoms with Crippen molar-refractivity contribution in [3.05, 3.63) is 53.6 Å². The molecule has 0 aliphatic carbocycles. The van der Waals surface area contributed by atoms with Gasteiger partial charge in [-0.15, -0.1) is 0 Å². The van der Waals surface area contributed by atoms with Crippen LogP contribution in [-0.2, 0) is 44.4 Å². The first kappa shape index (κ1) is 41.5. The molecule has 54 heavy (non-hydrogen) atoms. The SMILES string of the molecule is C[C@@H]1O[C@@H](O[C@H]2[C@H](O[C@@H]3[C@@H](O)[C@H](OCCc4ccc(O)c(O)c4)O[C@H](CO)[C@H]3OC(=O)C=Cc3ccc(O)c(O)c3)O[C@@H](C)[C@H](O)[C@H]2O)[C@H](O)[C@H](O)[C@H]1O. The molecule has 5 rings (SSSR count). The van der Waals surface area contributed by atoms with Gasteiger partial charge in [-0.1, -0.05) is 12.1 Å². The molecular weight excluding hydrogens is 724 g/mol. The second kappa shape index (κ2) is 17.9. The maximum absolute atomic E-state index is 13.1. The van der Waals surface area contributed by atoms with Gasteiger partial charge in [0.05, 0.1) is 25.4 Å². The van der Waals surface area contributed by atoms with E-state index in [1.165, 1.54) is 56.3 Å². The zero-order valence-electron chi connectivity index (χ0n) is 29.1. The topological polar surface area (TPSA) is 304 Å². The Morgan fingerprint density at radius 1 is 0.667 bits per heavy atom. The Hall–Kier alpha value is -3.67. The molecule has 300 valence electrons. The van der Waals surface area contributed by atoms with Crippen LogP contribution in [0.25, 0.3) is 6.08 Å². The molecule has 0 spiro atoms. The van der Waals surface area contributed by atoms with E-state index in [0.29, 0.717) is 11.1 Å². The van der Waals surface area contributed by atoms with Crippen molar-refractivity contribution in [2.24, 2.45) is 0 Å². The highest BCUT2D eigenvalue weighted by atomic mass is 16.8. The number of hydrogen-bond donors (Lipinski definition) is 11. The molecule has 2 aromatic carbocycles. The zero-order valence-corrected chi connectivity index (χ0v) is 29.1. The molecule has 0 bridgehead atoms. The van der Waals surface area contributed by atoms with Gasteiger partial charge in [-0.3, -0.25) is 0 Å². The number of phenols is 4. The lowest BCUT2D eigenvalue weighted by Gasteiger charge is -2.48. The molecule has 3 aliphatic heterocycles. The predicted molar refractivity (Wildman–Crippen MR) is 178 cm³/mol. The normalized spacial score (nSPS) is 37.3. The molecule has 3 fully saturated rings. The molecule has 0 saturated carbocycles. The van der Waals surface area contributed by atoms with Gasteiger partial charge in [0, 0.05) is 6.08 Å². The van der Waals surface area contributed by atoms with Gasteiger partial charge in [0.25, 0.3) is 0 Å². The molecule has 2 aromatic rings. The molecular formula is C35H46O19. The maximum Gasteiger partial charge on any atom is 0.331 e. The number of carbonyl (C=O) groups excluding carboxylic acids is 1. The first-order valence-electron chi connectivity index (χ1n) is 17.1. The van der Waals surface area contributed by atoms with E-state index in [2.05, 4.69) is 0 Å². The van der Waals surface area contributed by atoms with Crippen molar-refractivity contribution in [3.63, 3.8) is 0 Å². The van der Waals surface area contributed by atoms with Crippen LogP contribution in [0.3, 0.4) is 0 Å². The van der Waals surface area contributed by atoms with Crippen LogP contribution in [0.5, 0.6) is 23.0 Å². The Bertz CT molecular complexity index is 1590. The Labute approximate surface area is 308 Å². The van der Waals surface area contributed by atoms with Crippen LogP contribution in [0.2, 0.25) is 0 Å². The molecule has 0 amide bonds. The number of aliphatic hydroxyl groups is 7. The minimum Gasteiger partial charge on any atom is -0.504 e. The number of ether oxygens (including phenoxy) is 7. The van der Waals surface area contributed by atoms with Gasteiger partial charge in [-0.2, -0.15) is 0 Å². The van der Waals surface area contributed by atoms with Gasteiger partial charge in [0.1, 0.15) is 54.9 Å². The van der Waals surface area contributed by atoms with Crippen LogP contribution in [0.15, 0.2) is 42.5 Å². The molecule has 3 heterocycles. The quantitative estimate of drug-likeness (QED) is 0.0622. The van der Waals surface area contributed by atoms with Crippen molar-refractivity contribution in [3.8, 4) is 23.0 Å². The Kier molecular flexibility index (Phi) is 13.7. The largest absolute Gasteiger partial charge is 0.504 e. The molecule has 3 aliphatic rings. The lowest BCUT2D eigenvalue weighted by atomic mass is 9.96. The smallest absolute Gasteiger partial charge is 0.331 e. The third kappa shape index (κ3) is 9.40. The maximum atomic E-state index is 13.1. The van der Waals surface area contributed by atoms with E-state index >= 15 is 0 Å². The summed E-state index contributed by atoms with van der Waals surface area (Å²) in [5, 5.41) is 114. The summed E-state index contributed by atoms with van der Waals surface area (Å²) in [4.78, 5) is 13.1. The van der Waals surface area contributed by atoms with Gasteiger partial charge in [-0.05, 0) is 61.7 Å². The molecule has 11 N–H and O–H groups in total. The number of phenolic OH excluding ortho intramolecular Hbond substituents is 4. The van der Waals surface area contributed by atoms with E-state index in [1.54, 1.807) is 0 Å². The molecule has 19 nitrogen and oxygen atoms in total. The van der Waals surface area contributed by atoms with Gasteiger partial charge in [-0.25, -0.2) is 4.79 Å². The summed E-state index contributed by atoms with van der Waals surface area (Å²) in [6.45, 7) is 1.84. The lowest BCUT2D eigenvalue weighted by molar-refractivity contribution is -0.385. The number of hydrogen-bond acceptors (Lipinski definition) is 19. The van der Waals surface area contributed by atoms with E-state index < -0.39 is 110 Å². The van der Waals surface area contributed by atoms with E-state index in [4.69, 9.17) is 33.2 Å². The molecule has 3 saturated heterocycles. The molecule has 0 aromatic heterocycles. The average molecular weight is 771 g/mol. The molecule has 19 heteroatoms. The predicted octanol–water partition coefficient (Wildman–Crippen LogP) is -2.16. The van der Waals surface area contributed by atoms with Crippen LogP contribution >= 0.6 is 0 Å². The minimum atomic E-state index is -1.84. The number of rotatable bonds is 12. The Morgan fingerprint density at radius 3 is 1.93 bits per heavy atom. The minimum absolute atomic E-state index is 0.139. The van der Waals surface area contributed by atoms with E-state index in [0.717, 1.165) is 6.08 Å². The summed E-state index contributed by atoms with van der Waals surface area (Å²) in [6.07, 6.45) is -21.5. The average Bonchev–Trinajstić information content (AvgIpc) is 3.14. The third-order valence-electron chi connectivity index (χ3n) is 9.35. The number of benzene rings is 2. The second-order valence-corrected chi connectivity index (χ2v) is 13.2. The number of carbonyl (C=O) groups is 1. The highest BCUT2D eigenvalue weighted by Gasteiger charge is 2.54. The van der Waals surface area contributed by atoms with E-state index in [1.807, 2.05) is 0 Å². The van der Waals surface area contributed by atoms with Gasteiger partial charge < -0.3 is 89.3 Å².